The Morgan fingerprint density at radius 1 is 0.771 bits per heavy atom. The average Bonchev–Trinajstić information content (AvgIpc) is 2.89. The lowest BCUT2D eigenvalue weighted by atomic mass is 10.1. The molecule has 0 saturated carbocycles. The van der Waals surface area contributed by atoms with Crippen molar-refractivity contribution in [3.63, 3.8) is 0 Å². The quantitative estimate of drug-likeness (QED) is 0.177. The number of carbonyl (C=O) groups excluding carboxylic acids is 2. The predicted octanol–water partition coefficient (Wildman–Crippen LogP) is 6.24. The Hall–Kier alpha value is -4.78. The number of amides is 1. The van der Waals surface area contributed by atoms with Crippen molar-refractivity contribution < 1.29 is 28.5 Å². The Bertz CT molecular complexity index is 1320. The smallest absolute Gasteiger partial charge is 0.412 e. The van der Waals surface area contributed by atoms with E-state index in [2.05, 4.69) is 11.9 Å². The molecule has 176 valence electrons. The van der Waals surface area contributed by atoms with E-state index in [1.807, 2.05) is 84.9 Å². The molecule has 0 bridgehead atoms. The van der Waals surface area contributed by atoms with Gasteiger partial charge in [0.25, 0.3) is 0 Å². The largest absolute Gasteiger partial charge is 0.461 e. The molecule has 0 spiro atoms. The molecule has 4 aromatic rings. The van der Waals surface area contributed by atoms with Crippen molar-refractivity contribution in [3.05, 3.63) is 104 Å². The van der Waals surface area contributed by atoms with Crippen molar-refractivity contribution in [3.8, 4) is 28.7 Å². The molecule has 0 fully saturated rings. The molecule has 7 heteroatoms. The van der Waals surface area contributed by atoms with Gasteiger partial charge in [0.1, 0.15) is 23.9 Å². The number of ether oxygens (including phenoxy) is 4. The van der Waals surface area contributed by atoms with Gasteiger partial charge in [0, 0.05) is 22.9 Å². The first kappa shape index (κ1) is 23.4. The van der Waals surface area contributed by atoms with E-state index >= 15 is 0 Å². The lowest BCUT2D eigenvalue weighted by molar-refractivity contribution is -0.137. The number of hydrogen-bond acceptors (Lipinski definition) is 6. The third kappa shape index (κ3) is 6.17. The molecule has 4 rings (SSSR count). The number of nitrogens with one attached hydrogen (secondary N) is 1. The van der Waals surface area contributed by atoms with Crippen LogP contribution >= 0.6 is 0 Å². The van der Waals surface area contributed by atoms with Crippen LogP contribution in [0.5, 0.6) is 28.7 Å². The molecule has 0 aromatic heterocycles. The summed E-state index contributed by atoms with van der Waals surface area (Å²) in [5, 5.41) is 3.91. The highest BCUT2D eigenvalue weighted by Crippen LogP contribution is 2.45. The third-order valence-electron chi connectivity index (χ3n) is 4.84. The Kier molecular flexibility index (Phi) is 7.60. The maximum absolute atomic E-state index is 12.4. The molecule has 7 nitrogen and oxygen atoms in total. The number of esters is 1. The van der Waals surface area contributed by atoms with Gasteiger partial charge < -0.3 is 24.3 Å². The van der Waals surface area contributed by atoms with Crippen molar-refractivity contribution >= 4 is 22.8 Å². The zero-order valence-electron chi connectivity index (χ0n) is 18.8. The molecule has 1 amide bonds. The molecular formula is C28H23NO6. The summed E-state index contributed by atoms with van der Waals surface area (Å²) in [7, 11) is 0. The molecule has 0 radical (unpaired) electrons. The van der Waals surface area contributed by atoms with Crippen LogP contribution in [0.1, 0.15) is 0 Å². The van der Waals surface area contributed by atoms with E-state index in [9.17, 15) is 9.59 Å². The first-order valence-electron chi connectivity index (χ1n) is 10.9. The second-order valence-electron chi connectivity index (χ2n) is 7.27. The summed E-state index contributed by atoms with van der Waals surface area (Å²) in [4.78, 5) is 23.6. The monoisotopic (exact) mass is 469 g/mol. The molecule has 0 aliphatic heterocycles. The van der Waals surface area contributed by atoms with Crippen LogP contribution in [0.4, 0.5) is 4.79 Å². The fraction of sp³-hybridized carbons (Fsp3) is 0.0714. The van der Waals surface area contributed by atoms with Crippen molar-refractivity contribution in [1.82, 2.24) is 5.32 Å². The Balaban J connectivity index is 1.66. The second kappa shape index (κ2) is 11.4. The van der Waals surface area contributed by atoms with Gasteiger partial charge in [0.05, 0.1) is 6.54 Å². The average molecular weight is 469 g/mol. The summed E-state index contributed by atoms with van der Waals surface area (Å²) in [6.07, 6.45) is 0.352. The van der Waals surface area contributed by atoms with Gasteiger partial charge >= 0.3 is 12.1 Å². The standard InChI is InChI=1S/C28H23NO6/c1-2-26(30)32-18-17-29-28(31)35-24-19-25(33-20-11-5-3-6-12-20)27(23-16-10-9-15-22(23)24)34-21-13-7-4-8-14-21/h2-16,19H,1,17-18H2,(H,29,31). The molecule has 0 atom stereocenters. The fourth-order valence-corrected chi connectivity index (χ4v) is 3.28. The van der Waals surface area contributed by atoms with Gasteiger partial charge in [-0.2, -0.15) is 0 Å². The summed E-state index contributed by atoms with van der Waals surface area (Å²) in [6, 6.07) is 27.6. The third-order valence-corrected chi connectivity index (χ3v) is 4.84. The van der Waals surface area contributed by atoms with Crippen molar-refractivity contribution in [2.24, 2.45) is 0 Å². The Morgan fingerprint density at radius 2 is 1.37 bits per heavy atom. The predicted molar refractivity (Wildman–Crippen MR) is 132 cm³/mol. The molecule has 0 unspecified atom stereocenters. The number of para-hydroxylation sites is 2. The van der Waals surface area contributed by atoms with Crippen molar-refractivity contribution in [2.45, 2.75) is 0 Å². The summed E-state index contributed by atoms with van der Waals surface area (Å²) in [5.41, 5.74) is 0. The zero-order chi connectivity index (χ0) is 24.5. The fourth-order valence-electron chi connectivity index (χ4n) is 3.28. The van der Waals surface area contributed by atoms with E-state index in [-0.39, 0.29) is 18.9 Å². The van der Waals surface area contributed by atoms with E-state index in [1.165, 1.54) is 0 Å². The normalized spacial score (nSPS) is 10.3. The van der Waals surface area contributed by atoms with Gasteiger partial charge in [-0.05, 0) is 24.3 Å². The topological polar surface area (TPSA) is 83.1 Å². The van der Waals surface area contributed by atoms with E-state index in [1.54, 1.807) is 6.07 Å². The van der Waals surface area contributed by atoms with Crippen LogP contribution in [0.2, 0.25) is 0 Å². The lowest BCUT2D eigenvalue weighted by Crippen LogP contribution is -2.30. The van der Waals surface area contributed by atoms with E-state index in [0.29, 0.717) is 33.8 Å². The second-order valence-corrected chi connectivity index (χ2v) is 7.27. The number of benzene rings is 4. The van der Waals surface area contributed by atoms with Crippen LogP contribution in [0, 0.1) is 0 Å². The highest BCUT2D eigenvalue weighted by atomic mass is 16.6. The number of carbonyl (C=O) groups is 2. The molecule has 35 heavy (non-hydrogen) atoms. The van der Waals surface area contributed by atoms with Crippen LogP contribution in [-0.2, 0) is 9.53 Å². The molecule has 0 aliphatic carbocycles. The van der Waals surface area contributed by atoms with Gasteiger partial charge in [-0.15, -0.1) is 0 Å². The minimum absolute atomic E-state index is 0.00702. The first-order valence-corrected chi connectivity index (χ1v) is 10.9. The maximum Gasteiger partial charge on any atom is 0.412 e. The number of rotatable bonds is 9. The van der Waals surface area contributed by atoms with Gasteiger partial charge in [-0.3, -0.25) is 0 Å². The number of hydrogen-bond donors (Lipinski definition) is 1. The van der Waals surface area contributed by atoms with Crippen LogP contribution < -0.4 is 19.5 Å². The number of fused-ring (bicyclic) bond motifs is 1. The molecule has 0 heterocycles. The van der Waals surface area contributed by atoms with Crippen LogP contribution in [0.3, 0.4) is 0 Å². The molecular weight excluding hydrogens is 446 g/mol. The first-order chi connectivity index (χ1) is 17.1. The van der Waals surface area contributed by atoms with E-state index in [4.69, 9.17) is 18.9 Å². The summed E-state index contributed by atoms with van der Waals surface area (Å²) < 4.78 is 22.8. The lowest BCUT2D eigenvalue weighted by Gasteiger charge is -2.17. The van der Waals surface area contributed by atoms with Gasteiger partial charge in [-0.25, -0.2) is 9.59 Å². The Labute approximate surface area is 202 Å². The summed E-state index contributed by atoms with van der Waals surface area (Å²) >= 11 is 0. The van der Waals surface area contributed by atoms with Crippen LogP contribution in [0.25, 0.3) is 10.8 Å². The summed E-state index contributed by atoms with van der Waals surface area (Å²) in [6.45, 7) is 3.40. The van der Waals surface area contributed by atoms with Crippen molar-refractivity contribution in [1.29, 1.82) is 0 Å². The van der Waals surface area contributed by atoms with Crippen LogP contribution in [-0.4, -0.2) is 25.2 Å². The minimum Gasteiger partial charge on any atom is -0.461 e. The molecule has 0 saturated heterocycles. The van der Waals surface area contributed by atoms with E-state index < -0.39 is 12.1 Å². The summed E-state index contributed by atoms with van der Waals surface area (Å²) in [5.74, 6) is 1.81. The maximum atomic E-state index is 12.4. The molecule has 0 aliphatic rings. The van der Waals surface area contributed by atoms with Crippen LogP contribution in [0.15, 0.2) is 104 Å². The minimum atomic E-state index is -0.702. The van der Waals surface area contributed by atoms with E-state index in [0.717, 1.165) is 6.08 Å². The Morgan fingerprint density at radius 3 is 2.03 bits per heavy atom. The van der Waals surface area contributed by atoms with Gasteiger partial charge in [0.2, 0.25) is 0 Å². The molecule has 1 N–H and O–H groups in total. The van der Waals surface area contributed by atoms with Gasteiger partial charge in [0.15, 0.2) is 11.5 Å². The zero-order valence-corrected chi connectivity index (χ0v) is 18.8. The highest BCUT2D eigenvalue weighted by molar-refractivity contribution is 5.97. The SMILES string of the molecule is C=CC(=O)OCCNC(=O)Oc1cc(Oc2ccccc2)c(Oc2ccccc2)c2ccccc12. The highest BCUT2D eigenvalue weighted by Gasteiger charge is 2.19. The molecule has 4 aromatic carbocycles. The van der Waals surface area contributed by atoms with Gasteiger partial charge in [-0.1, -0.05) is 67.2 Å². The van der Waals surface area contributed by atoms with Crippen molar-refractivity contribution in [2.75, 3.05) is 13.2 Å².